The number of aromatic nitrogens is 1. The molecule has 1 aromatic carbocycles. The Balaban J connectivity index is 1.92. The van der Waals surface area contributed by atoms with E-state index < -0.39 is 12.1 Å². The highest BCUT2D eigenvalue weighted by molar-refractivity contribution is 5.68. The molecule has 6 nitrogen and oxygen atoms in total. The van der Waals surface area contributed by atoms with Crippen LogP contribution in [0.15, 0.2) is 48.7 Å². The van der Waals surface area contributed by atoms with Crippen molar-refractivity contribution in [2.75, 3.05) is 0 Å². The zero-order chi connectivity index (χ0) is 18.1. The van der Waals surface area contributed by atoms with E-state index in [0.29, 0.717) is 12.8 Å². The van der Waals surface area contributed by atoms with E-state index in [-0.39, 0.29) is 19.1 Å². The van der Waals surface area contributed by atoms with Gasteiger partial charge in [-0.25, -0.2) is 4.79 Å². The molecule has 1 amide bonds. The molecule has 0 fully saturated rings. The van der Waals surface area contributed by atoms with Gasteiger partial charge in [-0.3, -0.25) is 4.79 Å². The van der Waals surface area contributed by atoms with Crippen molar-refractivity contribution < 1.29 is 19.4 Å². The average molecular weight is 344 g/mol. The molecule has 0 aliphatic heterocycles. The Morgan fingerprint density at radius 3 is 2.64 bits per heavy atom. The average Bonchev–Trinajstić information content (AvgIpc) is 3.06. The number of nitrogens with one attached hydrogen (secondary N) is 1. The van der Waals surface area contributed by atoms with Crippen LogP contribution in [0.4, 0.5) is 4.79 Å². The maximum absolute atomic E-state index is 12.1. The van der Waals surface area contributed by atoms with Crippen molar-refractivity contribution in [1.82, 2.24) is 9.88 Å². The van der Waals surface area contributed by atoms with Gasteiger partial charge in [0.25, 0.3) is 0 Å². The summed E-state index contributed by atoms with van der Waals surface area (Å²) in [7, 11) is 0. The minimum absolute atomic E-state index is 0.00351. The van der Waals surface area contributed by atoms with Crippen LogP contribution in [-0.2, 0) is 29.1 Å². The quantitative estimate of drug-likeness (QED) is 0.732. The Kier molecular flexibility index (Phi) is 7.07. The highest BCUT2D eigenvalue weighted by atomic mass is 16.5. The molecule has 2 aromatic rings. The molecule has 134 valence electrons. The number of rotatable bonds is 9. The number of aliphatic carboxylic acids is 1. The normalized spacial score (nSPS) is 11.7. The molecule has 1 heterocycles. The number of carbonyl (C=O) groups excluding carboxylic acids is 1. The number of carboxylic acid groups (broad SMARTS) is 1. The fourth-order valence-electron chi connectivity index (χ4n) is 2.65. The zero-order valence-electron chi connectivity index (χ0n) is 14.4. The van der Waals surface area contributed by atoms with Crippen molar-refractivity contribution in [2.24, 2.45) is 0 Å². The number of amides is 1. The topological polar surface area (TPSA) is 80.6 Å². The van der Waals surface area contributed by atoms with Gasteiger partial charge in [-0.15, -0.1) is 0 Å². The van der Waals surface area contributed by atoms with Crippen molar-refractivity contribution >= 4 is 12.1 Å². The first kappa shape index (κ1) is 18.6. The molecular formula is C19H24N2O4. The van der Waals surface area contributed by atoms with Gasteiger partial charge < -0.3 is 19.7 Å². The van der Waals surface area contributed by atoms with Crippen LogP contribution in [0.3, 0.4) is 0 Å². The Morgan fingerprint density at radius 1 is 1.20 bits per heavy atom. The van der Waals surface area contributed by atoms with Gasteiger partial charge in [-0.1, -0.05) is 30.3 Å². The molecule has 1 unspecified atom stereocenters. The molecule has 0 saturated carbocycles. The van der Waals surface area contributed by atoms with E-state index >= 15 is 0 Å². The second kappa shape index (κ2) is 9.52. The largest absolute Gasteiger partial charge is 0.481 e. The molecule has 1 atom stereocenters. The van der Waals surface area contributed by atoms with Crippen LogP contribution < -0.4 is 5.32 Å². The van der Waals surface area contributed by atoms with E-state index in [2.05, 4.69) is 9.88 Å². The molecule has 6 heteroatoms. The van der Waals surface area contributed by atoms with Crippen LogP contribution in [-0.4, -0.2) is 27.8 Å². The Morgan fingerprint density at radius 2 is 1.96 bits per heavy atom. The van der Waals surface area contributed by atoms with E-state index in [0.717, 1.165) is 17.8 Å². The monoisotopic (exact) mass is 344 g/mol. The van der Waals surface area contributed by atoms with Gasteiger partial charge in [0.2, 0.25) is 0 Å². The molecule has 0 aliphatic carbocycles. The maximum Gasteiger partial charge on any atom is 0.407 e. The number of aryl methyl sites for hydroxylation is 1. The minimum atomic E-state index is -0.879. The number of hydrogen-bond acceptors (Lipinski definition) is 3. The Labute approximate surface area is 147 Å². The van der Waals surface area contributed by atoms with Gasteiger partial charge in [0.1, 0.15) is 6.61 Å². The zero-order valence-corrected chi connectivity index (χ0v) is 14.4. The number of hydrogen-bond donors (Lipinski definition) is 2. The summed E-state index contributed by atoms with van der Waals surface area (Å²) >= 11 is 0. The van der Waals surface area contributed by atoms with Crippen molar-refractivity contribution in [3.8, 4) is 0 Å². The minimum Gasteiger partial charge on any atom is -0.481 e. The number of ether oxygens (including phenoxy) is 1. The highest BCUT2D eigenvalue weighted by Gasteiger charge is 2.17. The van der Waals surface area contributed by atoms with Crippen molar-refractivity contribution in [3.05, 3.63) is 59.9 Å². The molecule has 2 N–H and O–H groups in total. The lowest BCUT2D eigenvalue weighted by Gasteiger charge is -2.19. The predicted molar refractivity (Wildman–Crippen MR) is 94.2 cm³/mol. The van der Waals surface area contributed by atoms with Crippen LogP contribution in [0.2, 0.25) is 0 Å². The smallest absolute Gasteiger partial charge is 0.407 e. The number of alkyl carbamates (subject to hydrolysis) is 1. The summed E-state index contributed by atoms with van der Waals surface area (Å²) in [6.45, 7) is 3.05. The molecule has 0 bridgehead atoms. The summed E-state index contributed by atoms with van der Waals surface area (Å²) in [5.74, 6) is -0.879. The standard InChI is InChI=1S/C19H24N2O4/c1-2-21-12-6-9-17(21)13-16(10-11-18(22)23)20-19(24)25-14-15-7-4-3-5-8-15/h3-9,12,16H,2,10-11,13-14H2,1H3,(H,20,24)(H,22,23). The van der Waals surface area contributed by atoms with Gasteiger partial charge >= 0.3 is 12.1 Å². The van der Waals surface area contributed by atoms with E-state index in [1.54, 1.807) is 0 Å². The predicted octanol–water partition coefficient (Wildman–Crippen LogP) is 3.21. The number of nitrogens with zero attached hydrogens (tertiary/aromatic N) is 1. The van der Waals surface area contributed by atoms with Gasteiger partial charge in [-0.2, -0.15) is 0 Å². The third-order valence-electron chi connectivity index (χ3n) is 3.96. The molecule has 0 saturated heterocycles. The summed E-state index contributed by atoms with van der Waals surface area (Å²) in [4.78, 5) is 22.9. The van der Waals surface area contributed by atoms with Crippen LogP contribution in [0.5, 0.6) is 0 Å². The Hall–Kier alpha value is -2.76. The third kappa shape index (κ3) is 6.33. The van der Waals surface area contributed by atoms with E-state index in [1.165, 1.54) is 0 Å². The van der Waals surface area contributed by atoms with Crippen molar-refractivity contribution in [1.29, 1.82) is 0 Å². The summed E-state index contributed by atoms with van der Waals surface area (Å²) in [6, 6.07) is 13.0. The Bertz CT molecular complexity index is 682. The number of carbonyl (C=O) groups is 2. The van der Waals surface area contributed by atoms with Gasteiger partial charge in [0.15, 0.2) is 0 Å². The molecule has 0 aliphatic rings. The first-order valence-electron chi connectivity index (χ1n) is 8.41. The SMILES string of the molecule is CCn1cccc1CC(CCC(=O)O)NC(=O)OCc1ccccc1. The lowest BCUT2D eigenvalue weighted by molar-refractivity contribution is -0.137. The summed E-state index contributed by atoms with van der Waals surface area (Å²) in [5, 5.41) is 11.7. The van der Waals surface area contributed by atoms with Crippen LogP contribution in [0.1, 0.15) is 31.0 Å². The molecule has 1 aromatic heterocycles. The highest BCUT2D eigenvalue weighted by Crippen LogP contribution is 2.10. The van der Waals surface area contributed by atoms with Crippen LogP contribution >= 0.6 is 0 Å². The molecule has 0 spiro atoms. The van der Waals surface area contributed by atoms with Crippen LogP contribution in [0.25, 0.3) is 0 Å². The van der Waals surface area contributed by atoms with Crippen LogP contribution in [0, 0.1) is 0 Å². The lowest BCUT2D eigenvalue weighted by atomic mass is 10.1. The number of benzene rings is 1. The van der Waals surface area contributed by atoms with Gasteiger partial charge in [-0.05, 0) is 31.0 Å². The first-order valence-corrected chi connectivity index (χ1v) is 8.41. The fraction of sp³-hybridized carbons (Fsp3) is 0.368. The third-order valence-corrected chi connectivity index (χ3v) is 3.96. The molecular weight excluding hydrogens is 320 g/mol. The van der Waals surface area contributed by atoms with E-state index in [9.17, 15) is 9.59 Å². The number of carboxylic acids is 1. The summed E-state index contributed by atoms with van der Waals surface area (Å²) in [5.41, 5.74) is 1.96. The summed E-state index contributed by atoms with van der Waals surface area (Å²) < 4.78 is 7.31. The van der Waals surface area contributed by atoms with Crippen molar-refractivity contribution in [2.45, 2.75) is 45.4 Å². The first-order chi connectivity index (χ1) is 12.1. The summed E-state index contributed by atoms with van der Waals surface area (Å²) in [6.07, 6.45) is 2.35. The molecule has 25 heavy (non-hydrogen) atoms. The van der Waals surface area contributed by atoms with Crippen molar-refractivity contribution in [3.63, 3.8) is 0 Å². The second-order valence-corrected chi connectivity index (χ2v) is 5.83. The van der Waals surface area contributed by atoms with E-state index in [4.69, 9.17) is 9.84 Å². The molecule has 0 radical (unpaired) electrons. The van der Waals surface area contributed by atoms with Gasteiger partial charge in [0.05, 0.1) is 0 Å². The maximum atomic E-state index is 12.1. The second-order valence-electron chi connectivity index (χ2n) is 5.83. The fourth-order valence-corrected chi connectivity index (χ4v) is 2.65. The van der Waals surface area contributed by atoms with Gasteiger partial charge in [0, 0.05) is 37.3 Å². The van der Waals surface area contributed by atoms with E-state index in [1.807, 2.05) is 55.6 Å². The lowest BCUT2D eigenvalue weighted by Crippen LogP contribution is -2.37. The molecule has 2 rings (SSSR count).